The quantitative estimate of drug-likeness (QED) is 0.760. The van der Waals surface area contributed by atoms with Crippen molar-refractivity contribution in [1.82, 2.24) is 19.5 Å². The number of nitrogen functional groups attached to an aromatic ring is 1. The zero-order valence-electron chi connectivity index (χ0n) is 16.3. The zero-order valence-corrected chi connectivity index (χ0v) is 18.0. The summed E-state index contributed by atoms with van der Waals surface area (Å²) in [5.74, 6) is 3.68. The number of hydrogen-bond acceptors (Lipinski definition) is 6. The molecule has 1 aliphatic heterocycles. The molecule has 2 aliphatic rings. The molecule has 4 N–H and O–H groups in total. The summed E-state index contributed by atoms with van der Waals surface area (Å²) in [6, 6.07) is 2.44. The van der Waals surface area contributed by atoms with Crippen LogP contribution in [0.2, 0.25) is 0 Å². The first kappa shape index (κ1) is 22.7. The van der Waals surface area contributed by atoms with Crippen molar-refractivity contribution >= 4 is 36.6 Å². The van der Waals surface area contributed by atoms with Crippen LogP contribution >= 0.6 is 24.8 Å². The molecule has 0 atom stereocenters. The van der Waals surface area contributed by atoms with Gasteiger partial charge in [0.25, 0.3) is 0 Å². The van der Waals surface area contributed by atoms with Crippen LogP contribution in [0.25, 0.3) is 0 Å². The lowest BCUT2D eigenvalue weighted by atomic mass is 9.78. The first-order chi connectivity index (χ1) is 12.6. The van der Waals surface area contributed by atoms with Gasteiger partial charge in [0.05, 0.1) is 5.69 Å². The SMILES string of the molecule is Cc1nccn1CCC1CCN(c2cc(C3CC(N)C3)nc(N)n2)CC1.Cl.Cl. The van der Waals surface area contributed by atoms with Crippen LogP contribution < -0.4 is 16.4 Å². The van der Waals surface area contributed by atoms with Crippen molar-refractivity contribution < 1.29 is 0 Å². The number of hydrogen-bond donors (Lipinski definition) is 2. The van der Waals surface area contributed by atoms with Crippen LogP contribution in [0.5, 0.6) is 0 Å². The number of halogens is 2. The van der Waals surface area contributed by atoms with Crippen LogP contribution in [0, 0.1) is 12.8 Å². The Hall–Kier alpha value is -1.57. The molecule has 0 spiro atoms. The lowest BCUT2D eigenvalue weighted by molar-refractivity contribution is 0.344. The number of aromatic nitrogens is 4. The summed E-state index contributed by atoms with van der Waals surface area (Å²) in [5, 5.41) is 0. The van der Waals surface area contributed by atoms with E-state index in [1.807, 2.05) is 6.20 Å². The van der Waals surface area contributed by atoms with Gasteiger partial charge >= 0.3 is 0 Å². The average molecular weight is 428 g/mol. The maximum absolute atomic E-state index is 5.97. The Labute approximate surface area is 179 Å². The third-order valence-corrected chi connectivity index (χ3v) is 5.98. The van der Waals surface area contributed by atoms with Crippen LogP contribution in [-0.2, 0) is 6.54 Å². The molecular weight excluding hydrogens is 397 g/mol. The van der Waals surface area contributed by atoms with E-state index in [1.54, 1.807) is 0 Å². The molecule has 1 saturated heterocycles. The predicted octanol–water partition coefficient (Wildman–Crippen LogP) is 2.92. The number of imidazole rings is 1. The van der Waals surface area contributed by atoms with Gasteiger partial charge in [-0.05, 0) is 44.9 Å². The summed E-state index contributed by atoms with van der Waals surface area (Å²) >= 11 is 0. The highest BCUT2D eigenvalue weighted by molar-refractivity contribution is 5.85. The highest BCUT2D eigenvalue weighted by Crippen LogP contribution is 2.36. The molecule has 0 radical (unpaired) electrons. The van der Waals surface area contributed by atoms with Crippen molar-refractivity contribution in [1.29, 1.82) is 0 Å². The molecule has 7 nitrogen and oxygen atoms in total. The summed E-state index contributed by atoms with van der Waals surface area (Å²) in [6.45, 7) is 5.19. The minimum absolute atomic E-state index is 0. The van der Waals surface area contributed by atoms with Crippen molar-refractivity contribution in [2.24, 2.45) is 11.7 Å². The van der Waals surface area contributed by atoms with E-state index >= 15 is 0 Å². The first-order valence-corrected chi connectivity index (χ1v) is 9.71. The molecule has 9 heteroatoms. The van der Waals surface area contributed by atoms with Gasteiger partial charge in [-0.15, -0.1) is 24.8 Å². The van der Waals surface area contributed by atoms with Crippen molar-refractivity contribution in [2.45, 2.75) is 57.5 Å². The van der Waals surface area contributed by atoms with Gasteiger partial charge in [-0.25, -0.2) is 9.97 Å². The molecule has 0 amide bonds. The maximum Gasteiger partial charge on any atom is 0.222 e. The molecular formula is C19H31Cl2N7. The first-order valence-electron chi connectivity index (χ1n) is 9.71. The van der Waals surface area contributed by atoms with E-state index in [9.17, 15) is 0 Å². The van der Waals surface area contributed by atoms with Crippen LogP contribution in [-0.4, -0.2) is 38.7 Å². The summed E-state index contributed by atoms with van der Waals surface area (Å²) in [6.07, 6.45) is 9.56. The molecule has 28 heavy (non-hydrogen) atoms. The molecule has 2 aromatic heterocycles. The highest BCUT2D eigenvalue weighted by atomic mass is 35.5. The summed E-state index contributed by atoms with van der Waals surface area (Å²) in [4.78, 5) is 15.6. The molecule has 0 aromatic carbocycles. The minimum Gasteiger partial charge on any atom is -0.368 e. The van der Waals surface area contributed by atoms with E-state index in [1.165, 1.54) is 19.3 Å². The second-order valence-electron chi connectivity index (χ2n) is 7.82. The minimum atomic E-state index is 0. The summed E-state index contributed by atoms with van der Waals surface area (Å²) in [5.41, 5.74) is 13.0. The normalized spacial score (nSPS) is 22.1. The molecule has 1 saturated carbocycles. The van der Waals surface area contributed by atoms with Gasteiger partial charge in [0.1, 0.15) is 11.6 Å². The van der Waals surface area contributed by atoms with Gasteiger partial charge < -0.3 is 20.9 Å². The van der Waals surface area contributed by atoms with E-state index in [0.717, 1.165) is 55.7 Å². The molecule has 156 valence electrons. The molecule has 1 aliphatic carbocycles. The number of aryl methyl sites for hydroxylation is 2. The topological polar surface area (TPSA) is 98.9 Å². The lowest BCUT2D eigenvalue weighted by Gasteiger charge is -2.35. The van der Waals surface area contributed by atoms with Crippen LogP contribution in [0.1, 0.15) is 49.5 Å². The van der Waals surface area contributed by atoms with Crippen molar-refractivity contribution in [3.05, 3.63) is 30.0 Å². The fourth-order valence-electron chi connectivity index (χ4n) is 4.16. The second kappa shape index (κ2) is 9.76. The molecule has 3 heterocycles. The van der Waals surface area contributed by atoms with Gasteiger partial charge in [0.15, 0.2) is 0 Å². The van der Waals surface area contributed by atoms with E-state index in [-0.39, 0.29) is 24.8 Å². The largest absolute Gasteiger partial charge is 0.368 e. The fourth-order valence-corrected chi connectivity index (χ4v) is 4.16. The van der Waals surface area contributed by atoms with Gasteiger partial charge in [-0.3, -0.25) is 0 Å². The van der Waals surface area contributed by atoms with Crippen LogP contribution in [0.4, 0.5) is 11.8 Å². The number of nitrogens with two attached hydrogens (primary N) is 2. The Morgan fingerprint density at radius 3 is 2.46 bits per heavy atom. The molecule has 4 rings (SSSR count). The van der Waals surface area contributed by atoms with E-state index in [0.29, 0.717) is 17.9 Å². The van der Waals surface area contributed by atoms with Crippen molar-refractivity contribution in [3.8, 4) is 0 Å². The predicted molar refractivity (Wildman–Crippen MR) is 117 cm³/mol. The van der Waals surface area contributed by atoms with E-state index in [2.05, 4.69) is 43.6 Å². The van der Waals surface area contributed by atoms with Crippen molar-refractivity contribution in [2.75, 3.05) is 23.7 Å². The van der Waals surface area contributed by atoms with Crippen LogP contribution in [0.3, 0.4) is 0 Å². The van der Waals surface area contributed by atoms with Gasteiger partial charge in [-0.1, -0.05) is 0 Å². The van der Waals surface area contributed by atoms with Gasteiger partial charge in [-0.2, -0.15) is 4.98 Å². The molecule has 0 bridgehead atoms. The molecule has 2 fully saturated rings. The Balaban J connectivity index is 0.00000140. The fraction of sp³-hybridized carbons (Fsp3) is 0.632. The number of nitrogens with zero attached hydrogens (tertiary/aromatic N) is 5. The Morgan fingerprint density at radius 1 is 1.14 bits per heavy atom. The number of anilines is 2. The number of piperidine rings is 1. The monoisotopic (exact) mass is 427 g/mol. The summed E-state index contributed by atoms with van der Waals surface area (Å²) < 4.78 is 2.24. The number of rotatable bonds is 5. The van der Waals surface area contributed by atoms with E-state index in [4.69, 9.17) is 11.5 Å². The maximum atomic E-state index is 5.97. The van der Waals surface area contributed by atoms with E-state index < -0.39 is 0 Å². The van der Waals surface area contributed by atoms with Crippen molar-refractivity contribution in [3.63, 3.8) is 0 Å². The highest BCUT2D eigenvalue weighted by Gasteiger charge is 2.30. The molecule has 0 unspecified atom stereocenters. The Morgan fingerprint density at radius 2 is 1.86 bits per heavy atom. The smallest absolute Gasteiger partial charge is 0.222 e. The second-order valence-corrected chi connectivity index (χ2v) is 7.82. The standard InChI is InChI=1S/C19H29N7.2ClH/c1-13-22-5-9-25(13)6-2-14-3-7-26(8-4-14)18-12-17(23-19(21)24-18)15-10-16(20)11-15;;/h5,9,12,14-16H,2-4,6-8,10-11,20H2,1H3,(H2,21,23,24);2*1H. The Bertz CT molecular complexity index is 752. The Kier molecular flexibility index (Phi) is 7.92. The summed E-state index contributed by atoms with van der Waals surface area (Å²) in [7, 11) is 0. The van der Waals surface area contributed by atoms with Gasteiger partial charge in [0, 0.05) is 50.1 Å². The van der Waals surface area contributed by atoms with Gasteiger partial charge in [0.2, 0.25) is 5.95 Å². The third-order valence-electron chi connectivity index (χ3n) is 5.98. The third kappa shape index (κ3) is 5.07. The molecule has 2 aromatic rings. The lowest BCUT2D eigenvalue weighted by Crippen LogP contribution is -2.36. The zero-order chi connectivity index (χ0) is 18.1. The average Bonchev–Trinajstić information content (AvgIpc) is 3.02. The van der Waals surface area contributed by atoms with Crippen LogP contribution in [0.15, 0.2) is 18.5 Å².